The smallest absolute Gasteiger partial charge is 0.105 e. The third kappa shape index (κ3) is 5.53. The number of nitrogens with zero attached hydrogens (tertiary/aromatic N) is 1. The van der Waals surface area contributed by atoms with Crippen LogP contribution in [0.15, 0.2) is 103 Å². The zero-order valence-electron chi connectivity index (χ0n) is 31.4. The largest absolute Gasteiger partial charge is 0.494 e. The summed E-state index contributed by atoms with van der Waals surface area (Å²) < 4.78 is 17.1. The Hall–Kier alpha value is -3.56. The van der Waals surface area contributed by atoms with Crippen LogP contribution < -0.4 is 0 Å². The molecular weight excluding hydrogens is 647 g/mol. The van der Waals surface area contributed by atoms with Gasteiger partial charge in [0.15, 0.2) is 0 Å². The highest BCUT2D eigenvalue weighted by Gasteiger charge is 2.58. The second-order valence-electron chi connectivity index (χ2n) is 18.0. The molecule has 2 saturated heterocycles. The fraction of sp³-hybridized carbons (Fsp3) is 0.520. The predicted octanol–water partition coefficient (Wildman–Crippen LogP) is 12.0. The lowest BCUT2D eigenvalue weighted by Crippen LogP contribution is -2.58. The first-order chi connectivity index (χ1) is 26.3. The van der Waals surface area contributed by atoms with Crippen LogP contribution in [0.2, 0.25) is 0 Å². The molecule has 3 nitrogen and oxygen atoms in total. The summed E-state index contributed by atoms with van der Waals surface area (Å²) in [6.45, 7) is 0. The average Bonchev–Trinajstić information content (AvgIpc) is 3.56. The number of hydrogen-bond acceptors (Lipinski definition) is 2. The van der Waals surface area contributed by atoms with Gasteiger partial charge in [0.05, 0.1) is 24.0 Å². The van der Waals surface area contributed by atoms with Crippen molar-refractivity contribution in [3.05, 3.63) is 120 Å². The van der Waals surface area contributed by atoms with Crippen LogP contribution in [-0.2, 0) is 15.9 Å². The highest BCUT2D eigenvalue weighted by Crippen LogP contribution is 2.60. The molecule has 12 atom stereocenters. The predicted molar refractivity (Wildman–Crippen MR) is 217 cm³/mol. The van der Waals surface area contributed by atoms with Crippen LogP contribution in [0.3, 0.4) is 0 Å². The molecule has 1 aromatic carbocycles. The van der Waals surface area contributed by atoms with Crippen molar-refractivity contribution in [2.75, 3.05) is 0 Å². The summed E-state index contributed by atoms with van der Waals surface area (Å²) in [5.41, 5.74) is 7.00. The zero-order chi connectivity index (χ0) is 34.9. The maximum Gasteiger partial charge on any atom is 0.105 e. The Morgan fingerprint density at radius 1 is 0.698 bits per heavy atom. The van der Waals surface area contributed by atoms with Gasteiger partial charge in [0, 0.05) is 39.9 Å². The highest BCUT2D eigenvalue weighted by atomic mass is 16.5. The molecule has 1 aromatic heterocycles. The van der Waals surface area contributed by atoms with Gasteiger partial charge in [-0.15, -0.1) is 0 Å². The average molecular weight is 704 g/mol. The molecule has 0 radical (unpaired) electrons. The second kappa shape index (κ2) is 13.6. The SMILES string of the molecule is C1=CCC(n2c3c(c4cc(C5=CC6OC7CCCC(C8CC=CCC8)C7C(C7C8CCCC=C8OC8CCC=CC87)C6C=C5)ccc42)C=CCC3)C=C1. The monoisotopic (exact) mass is 703 g/mol. The molecule has 53 heavy (non-hydrogen) atoms. The van der Waals surface area contributed by atoms with Gasteiger partial charge in [-0.2, -0.15) is 0 Å². The van der Waals surface area contributed by atoms with Gasteiger partial charge in [0.25, 0.3) is 0 Å². The van der Waals surface area contributed by atoms with Gasteiger partial charge in [0.1, 0.15) is 6.10 Å². The van der Waals surface area contributed by atoms with E-state index in [4.69, 9.17) is 9.47 Å². The van der Waals surface area contributed by atoms with E-state index < -0.39 is 0 Å². The van der Waals surface area contributed by atoms with E-state index in [9.17, 15) is 0 Å². The second-order valence-corrected chi connectivity index (χ2v) is 18.0. The summed E-state index contributed by atoms with van der Waals surface area (Å²) >= 11 is 0. The van der Waals surface area contributed by atoms with Crippen LogP contribution in [0.5, 0.6) is 0 Å². The lowest BCUT2D eigenvalue weighted by Gasteiger charge is -2.59. The Morgan fingerprint density at radius 3 is 2.60 bits per heavy atom. The normalized spacial score (nSPS) is 39.6. The molecule has 7 aliphatic carbocycles. The fourth-order valence-corrected chi connectivity index (χ4v) is 13.2. The minimum atomic E-state index is 0.129. The van der Waals surface area contributed by atoms with Gasteiger partial charge in [0.2, 0.25) is 0 Å². The molecule has 1 saturated carbocycles. The molecule has 0 amide bonds. The van der Waals surface area contributed by atoms with Crippen molar-refractivity contribution in [3.8, 4) is 0 Å². The Bertz CT molecular complexity index is 1990. The first-order valence-corrected chi connectivity index (χ1v) is 21.7. The number of benzene rings is 1. The molecule has 11 rings (SSSR count). The number of allylic oxidation sites excluding steroid dienone is 12. The number of ether oxygens (including phenoxy) is 2. The lowest BCUT2D eigenvalue weighted by atomic mass is 9.51. The van der Waals surface area contributed by atoms with Crippen molar-refractivity contribution in [1.29, 1.82) is 0 Å². The van der Waals surface area contributed by atoms with Gasteiger partial charge < -0.3 is 14.0 Å². The first-order valence-electron chi connectivity index (χ1n) is 21.7. The zero-order valence-corrected chi connectivity index (χ0v) is 31.4. The number of aromatic nitrogens is 1. The van der Waals surface area contributed by atoms with E-state index in [0.717, 1.165) is 37.5 Å². The van der Waals surface area contributed by atoms with Crippen LogP contribution >= 0.6 is 0 Å². The minimum absolute atomic E-state index is 0.129. The van der Waals surface area contributed by atoms with Crippen molar-refractivity contribution < 1.29 is 9.47 Å². The van der Waals surface area contributed by atoms with Crippen LogP contribution in [0.25, 0.3) is 22.6 Å². The number of rotatable bonds is 4. The molecule has 0 bridgehead atoms. The molecule has 2 aliphatic heterocycles. The molecule has 0 N–H and O–H groups in total. The Balaban J connectivity index is 0.995. The standard InChI is InChI=1S/C50H57NO2/c1-3-14-32(15-4-1)36-21-13-25-46-49(36)50(48-38-19-8-11-23-44(38)52-45-24-12-9-20-39(45)48)40-28-26-34(31-47(40)53-46)33-27-29-43-41(30-33)37-18-7-10-22-42(37)51(43)35-16-5-2-6-17-35/h1-3,5-8,16,18-19,24,26-32,35-36,38-40,44,46-50H,4,9-15,17,20-23,25H2. The Morgan fingerprint density at radius 2 is 1.68 bits per heavy atom. The van der Waals surface area contributed by atoms with E-state index in [-0.39, 0.29) is 6.10 Å². The van der Waals surface area contributed by atoms with Crippen molar-refractivity contribution >= 4 is 22.6 Å². The van der Waals surface area contributed by atoms with E-state index in [1.807, 2.05) is 0 Å². The summed E-state index contributed by atoms with van der Waals surface area (Å²) in [5, 5.41) is 1.40. The molecule has 3 heteroatoms. The number of fused-ring (bicyclic) bond motifs is 7. The molecular formula is C50H57NO2. The van der Waals surface area contributed by atoms with Crippen LogP contribution in [0.1, 0.15) is 106 Å². The molecule has 2 aromatic rings. The molecule has 3 fully saturated rings. The van der Waals surface area contributed by atoms with E-state index in [1.165, 1.54) is 103 Å². The van der Waals surface area contributed by atoms with Gasteiger partial charge >= 0.3 is 0 Å². The molecule has 9 aliphatic rings. The fourth-order valence-electron chi connectivity index (χ4n) is 13.2. The summed E-state index contributed by atoms with van der Waals surface area (Å²) in [4.78, 5) is 0. The number of hydrogen-bond donors (Lipinski definition) is 0. The third-order valence-electron chi connectivity index (χ3n) is 15.4. The van der Waals surface area contributed by atoms with E-state index in [1.54, 1.807) is 0 Å². The minimum Gasteiger partial charge on any atom is -0.494 e. The van der Waals surface area contributed by atoms with Crippen LogP contribution in [0, 0.1) is 47.3 Å². The van der Waals surface area contributed by atoms with Crippen LogP contribution in [0.4, 0.5) is 0 Å². The maximum absolute atomic E-state index is 7.48. The molecule has 12 unspecified atom stereocenters. The van der Waals surface area contributed by atoms with Gasteiger partial charge in [-0.3, -0.25) is 0 Å². The quantitative estimate of drug-likeness (QED) is 0.296. The highest BCUT2D eigenvalue weighted by molar-refractivity contribution is 5.95. The Kier molecular flexibility index (Phi) is 8.44. The first kappa shape index (κ1) is 32.8. The lowest BCUT2D eigenvalue weighted by molar-refractivity contribution is -0.189. The van der Waals surface area contributed by atoms with Crippen molar-refractivity contribution in [2.45, 2.75) is 114 Å². The summed E-state index contributed by atoms with van der Waals surface area (Å²) in [6.07, 6.45) is 52.2. The van der Waals surface area contributed by atoms with Gasteiger partial charge in [-0.25, -0.2) is 0 Å². The van der Waals surface area contributed by atoms with Crippen molar-refractivity contribution in [2.24, 2.45) is 47.3 Å². The van der Waals surface area contributed by atoms with E-state index in [2.05, 4.69) is 108 Å². The van der Waals surface area contributed by atoms with Gasteiger partial charge in [-0.05, 0) is 148 Å². The van der Waals surface area contributed by atoms with E-state index >= 15 is 0 Å². The summed E-state index contributed by atoms with van der Waals surface area (Å²) in [7, 11) is 0. The topological polar surface area (TPSA) is 23.4 Å². The maximum atomic E-state index is 7.48. The summed E-state index contributed by atoms with van der Waals surface area (Å²) in [6, 6.07) is 7.72. The van der Waals surface area contributed by atoms with Crippen molar-refractivity contribution in [1.82, 2.24) is 4.57 Å². The van der Waals surface area contributed by atoms with Crippen LogP contribution in [-0.4, -0.2) is 22.9 Å². The van der Waals surface area contributed by atoms with Crippen molar-refractivity contribution in [3.63, 3.8) is 0 Å². The molecule has 0 spiro atoms. The molecule has 3 heterocycles. The Labute approximate surface area is 317 Å². The third-order valence-corrected chi connectivity index (χ3v) is 15.4. The van der Waals surface area contributed by atoms with Gasteiger partial charge in [-0.1, -0.05) is 85.4 Å². The summed E-state index contributed by atoms with van der Waals surface area (Å²) in [5.74, 6) is 6.25. The molecule has 274 valence electrons. The van der Waals surface area contributed by atoms with E-state index in [0.29, 0.717) is 53.8 Å².